The van der Waals surface area contributed by atoms with Crippen molar-refractivity contribution in [3.63, 3.8) is 0 Å². The highest BCUT2D eigenvalue weighted by molar-refractivity contribution is 4.84. The van der Waals surface area contributed by atoms with E-state index < -0.39 is 0 Å². The van der Waals surface area contributed by atoms with Crippen LogP contribution in [0.2, 0.25) is 0 Å². The molecule has 2 saturated heterocycles. The standard InChI is InChI=1S/C9H17NO2/c1-8-2-4-10-5-3-9(8)11-6-7-12-9/h8,10H,2-7H2,1H3. The third-order valence-electron chi connectivity index (χ3n) is 2.93. The average molecular weight is 171 g/mol. The van der Waals surface area contributed by atoms with E-state index in [2.05, 4.69) is 12.2 Å². The maximum absolute atomic E-state index is 5.71. The molecule has 12 heavy (non-hydrogen) atoms. The minimum Gasteiger partial charge on any atom is -0.347 e. The summed E-state index contributed by atoms with van der Waals surface area (Å²) < 4.78 is 11.4. The van der Waals surface area contributed by atoms with Crippen molar-refractivity contribution >= 4 is 0 Å². The third-order valence-corrected chi connectivity index (χ3v) is 2.93. The summed E-state index contributed by atoms with van der Waals surface area (Å²) in [6.07, 6.45) is 2.15. The van der Waals surface area contributed by atoms with Crippen molar-refractivity contribution in [3.8, 4) is 0 Å². The topological polar surface area (TPSA) is 30.5 Å². The number of ether oxygens (including phenoxy) is 2. The first-order valence-corrected chi connectivity index (χ1v) is 4.82. The minimum absolute atomic E-state index is 0.247. The fourth-order valence-corrected chi connectivity index (χ4v) is 2.07. The van der Waals surface area contributed by atoms with Crippen molar-refractivity contribution in [2.45, 2.75) is 25.6 Å². The van der Waals surface area contributed by atoms with Crippen molar-refractivity contribution < 1.29 is 9.47 Å². The molecular weight excluding hydrogens is 154 g/mol. The van der Waals surface area contributed by atoms with Crippen LogP contribution in [0.25, 0.3) is 0 Å². The van der Waals surface area contributed by atoms with Gasteiger partial charge in [0.05, 0.1) is 13.2 Å². The first kappa shape index (κ1) is 8.48. The number of hydrogen-bond acceptors (Lipinski definition) is 3. The van der Waals surface area contributed by atoms with Crippen molar-refractivity contribution in [1.82, 2.24) is 5.32 Å². The lowest BCUT2D eigenvalue weighted by Crippen LogP contribution is -2.37. The highest BCUT2D eigenvalue weighted by Gasteiger charge is 2.42. The summed E-state index contributed by atoms with van der Waals surface area (Å²) >= 11 is 0. The molecule has 0 radical (unpaired) electrons. The minimum atomic E-state index is -0.247. The Balaban J connectivity index is 2.08. The fourth-order valence-electron chi connectivity index (χ4n) is 2.07. The molecule has 0 bridgehead atoms. The molecule has 2 fully saturated rings. The summed E-state index contributed by atoms with van der Waals surface area (Å²) in [6.45, 7) is 5.87. The summed E-state index contributed by atoms with van der Waals surface area (Å²) in [5, 5.41) is 3.37. The lowest BCUT2D eigenvalue weighted by Gasteiger charge is -2.31. The quantitative estimate of drug-likeness (QED) is 0.583. The van der Waals surface area contributed by atoms with Crippen LogP contribution in [0, 0.1) is 5.92 Å². The zero-order valence-electron chi connectivity index (χ0n) is 7.64. The van der Waals surface area contributed by atoms with Gasteiger partial charge in [0, 0.05) is 18.9 Å². The molecule has 1 spiro atoms. The van der Waals surface area contributed by atoms with E-state index >= 15 is 0 Å². The van der Waals surface area contributed by atoms with Gasteiger partial charge in [-0.2, -0.15) is 0 Å². The largest absolute Gasteiger partial charge is 0.347 e. The lowest BCUT2D eigenvalue weighted by atomic mass is 9.96. The normalized spacial score (nSPS) is 35.2. The van der Waals surface area contributed by atoms with Crippen LogP contribution in [-0.4, -0.2) is 32.1 Å². The van der Waals surface area contributed by atoms with E-state index in [1.165, 1.54) is 0 Å². The van der Waals surface area contributed by atoms with Crippen LogP contribution in [-0.2, 0) is 9.47 Å². The average Bonchev–Trinajstić information content (AvgIpc) is 2.45. The predicted molar refractivity (Wildman–Crippen MR) is 45.9 cm³/mol. The van der Waals surface area contributed by atoms with Crippen LogP contribution in [0.1, 0.15) is 19.8 Å². The van der Waals surface area contributed by atoms with Gasteiger partial charge in [-0.25, -0.2) is 0 Å². The molecule has 3 heteroatoms. The number of hydrogen-bond donors (Lipinski definition) is 1. The van der Waals surface area contributed by atoms with Gasteiger partial charge in [-0.1, -0.05) is 6.92 Å². The predicted octanol–water partition coefficient (Wildman–Crippen LogP) is 0.749. The van der Waals surface area contributed by atoms with Gasteiger partial charge in [0.2, 0.25) is 0 Å². The second-order valence-corrected chi connectivity index (χ2v) is 3.70. The molecule has 0 aromatic carbocycles. The SMILES string of the molecule is CC1CCNCCC12OCCO2. The van der Waals surface area contributed by atoms with Crippen LogP contribution in [0.5, 0.6) is 0 Å². The van der Waals surface area contributed by atoms with Gasteiger partial charge in [-0.3, -0.25) is 0 Å². The van der Waals surface area contributed by atoms with E-state index in [0.717, 1.165) is 39.1 Å². The van der Waals surface area contributed by atoms with Crippen molar-refractivity contribution in [3.05, 3.63) is 0 Å². The van der Waals surface area contributed by atoms with Gasteiger partial charge in [-0.05, 0) is 13.0 Å². The van der Waals surface area contributed by atoms with Crippen molar-refractivity contribution in [1.29, 1.82) is 0 Å². The molecule has 2 aliphatic heterocycles. The molecular formula is C9H17NO2. The molecule has 70 valence electrons. The summed E-state index contributed by atoms with van der Waals surface area (Å²) in [5.74, 6) is 0.277. The van der Waals surface area contributed by atoms with Gasteiger partial charge >= 0.3 is 0 Å². The molecule has 2 aliphatic rings. The highest BCUT2D eigenvalue weighted by Crippen LogP contribution is 2.34. The van der Waals surface area contributed by atoms with Crippen LogP contribution in [0.15, 0.2) is 0 Å². The monoisotopic (exact) mass is 171 g/mol. The van der Waals surface area contributed by atoms with E-state index in [1.807, 2.05) is 0 Å². The summed E-state index contributed by atoms with van der Waals surface area (Å²) in [5.41, 5.74) is 0. The molecule has 0 aromatic heterocycles. The van der Waals surface area contributed by atoms with E-state index in [1.54, 1.807) is 0 Å². The Labute approximate surface area is 73.4 Å². The van der Waals surface area contributed by atoms with Crippen LogP contribution in [0.3, 0.4) is 0 Å². The summed E-state index contributed by atoms with van der Waals surface area (Å²) in [4.78, 5) is 0. The van der Waals surface area contributed by atoms with Crippen LogP contribution in [0.4, 0.5) is 0 Å². The molecule has 1 unspecified atom stereocenters. The van der Waals surface area contributed by atoms with E-state index in [4.69, 9.17) is 9.47 Å². The summed E-state index contributed by atoms with van der Waals surface area (Å²) in [6, 6.07) is 0. The molecule has 2 rings (SSSR count). The van der Waals surface area contributed by atoms with E-state index in [0.29, 0.717) is 5.92 Å². The Hall–Kier alpha value is -0.120. The zero-order chi connectivity index (χ0) is 8.44. The van der Waals surface area contributed by atoms with Crippen molar-refractivity contribution in [2.24, 2.45) is 5.92 Å². The van der Waals surface area contributed by atoms with Gasteiger partial charge in [-0.15, -0.1) is 0 Å². The van der Waals surface area contributed by atoms with Crippen LogP contribution >= 0.6 is 0 Å². The van der Waals surface area contributed by atoms with E-state index in [9.17, 15) is 0 Å². The molecule has 3 nitrogen and oxygen atoms in total. The molecule has 0 aromatic rings. The Morgan fingerprint density at radius 1 is 1.25 bits per heavy atom. The summed E-state index contributed by atoms with van der Waals surface area (Å²) in [7, 11) is 0. The van der Waals surface area contributed by atoms with Crippen LogP contribution < -0.4 is 5.32 Å². The lowest BCUT2D eigenvalue weighted by molar-refractivity contribution is -0.192. The Morgan fingerprint density at radius 3 is 2.75 bits per heavy atom. The smallest absolute Gasteiger partial charge is 0.172 e. The van der Waals surface area contributed by atoms with Gasteiger partial charge in [0.15, 0.2) is 5.79 Å². The first-order chi connectivity index (χ1) is 5.83. The van der Waals surface area contributed by atoms with Gasteiger partial charge in [0.25, 0.3) is 0 Å². The number of nitrogens with one attached hydrogen (secondary N) is 1. The Morgan fingerprint density at radius 2 is 2.00 bits per heavy atom. The second-order valence-electron chi connectivity index (χ2n) is 3.70. The molecule has 2 heterocycles. The fraction of sp³-hybridized carbons (Fsp3) is 1.00. The first-order valence-electron chi connectivity index (χ1n) is 4.82. The molecule has 0 saturated carbocycles. The maximum Gasteiger partial charge on any atom is 0.172 e. The molecule has 0 amide bonds. The van der Waals surface area contributed by atoms with Gasteiger partial charge < -0.3 is 14.8 Å². The highest BCUT2D eigenvalue weighted by atomic mass is 16.7. The van der Waals surface area contributed by atoms with E-state index in [-0.39, 0.29) is 5.79 Å². The second kappa shape index (κ2) is 3.32. The van der Waals surface area contributed by atoms with Gasteiger partial charge in [0.1, 0.15) is 0 Å². The number of rotatable bonds is 0. The molecule has 1 atom stereocenters. The molecule has 0 aliphatic carbocycles. The third kappa shape index (κ3) is 1.37. The van der Waals surface area contributed by atoms with Crippen molar-refractivity contribution in [2.75, 3.05) is 26.3 Å². The Bertz CT molecular complexity index is 155. The zero-order valence-corrected chi connectivity index (χ0v) is 7.64. The molecule has 1 N–H and O–H groups in total. The Kier molecular flexibility index (Phi) is 2.35. The maximum atomic E-state index is 5.71.